The largest absolute Gasteiger partial charge is 0.481 e. The van der Waals surface area contributed by atoms with E-state index in [-0.39, 0.29) is 0 Å². The zero-order chi connectivity index (χ0) is 10.7. The summed E-state index contributed by atoms with van der Waals surface area (Å²) in [5.74, 6) is -1.25. The van der Waals surface area contributed by atoms with Crippen LogP contribution in [0.1, 0.15) is 30.9 Å². The molecule has 0 fully saturated rings. The van der Waals surface area contributed by atoms with Crippen molar-refractivity contribution >= 4 is 18.6 Å². The number of rotatable bonds is 3. The van der Waals surface area contributed by atoms with Gasteiger partial charge in [0.2, 0.25) is 0 Å². The van der Waals surface area contributed by atoms with Gasteiger partial charge in [-0.05, 0) is 36.6 Å². The van der Waals surface area contributed by atoms with Gasteiger partial charge in [0.1, 0.15) is 0 Å². The van der Waals surface area contributed by atoms with E-state index < -0.39 is 11.9 Å². The van der Waals surface area contributed by atoms with Gasteiger partial charge in [-0.3, -0.25) is 4.79 Å². The average Bonchev–Trinajstić information content (AvgIpc) is 2.16. The smallest absolute Gasteiger partial charge is 0.310 e. The molecule has 2 nitrogen and oxygen atoms in total. The van der Waals surface area contributed by atoms with Gasteiger partial charge < -0.3 is 5.11 Å². The Balaban J connectivity index is 3.16. The van der Waals surface area contributed by atoms with E-state index in [1.165, 1.54) is 0 Å². The topological polar surface area (TPSA) is 37.3 Å². The van der Waals surface area contributed by atoms with Crippen LogP contribution in [0.2, 0.25) is 0 Å². The Hall–Kier alpha value is -0.960. The first-order valence-electron chi connectivity index (χ1n) is 4.60. The summed E-state index contributed by atoms with van der Waals surface area (Å²) in [6.07, 6.45) is 0.848. The first-order valence-corrected chi connectivity index (χ1v) is 5.05. The molecule has 0 heterocycles. The van der Waals surface area contributed by atoms with E-state index in [1.807, 2.05) is 25.1 Å². The molecule has 76 valence electrons. The van der Waals surface area contributed by atoms with Crippen LogP contribution in [0.5, 0.6) is 0 Å². The zero-order valence-corrected chi connectivity index (χ0v) is 9.21. The van der Waals surface area contributed by atoms with Gasteiger partial charge in [-0.1, -0.05) is 13.0 Å². The van der Waals surface area contributed by atoms with E-state index in [0.717, 1.165) is 22.4 Å². The third-order valence-electron chi connectivity index (χ3n) is 2.35. The van der Waals surface area contributed by atoms with Gasteiger partial charge in [-0.2, -0.15) is 0 Å². The number of benzene rings is 1. The number of carboxylic acids is 1. The quantitative estimate of drug-likeness (QED) is 0.753. The molecular formula is C11H14O2S. The molecule has 1 rings (SSSR count). The van der Waals surface area contributed by atoms with E-state index >= 15 is 0 Å². The van der Waals surface area contributed by atoms with E-state index in [1.54, 1.807) is 6.92 Å². The van der Waals surface area contributed by atoms with Gasteiger partial charge in [0.25, 0.3) is 0 Å². The molecule has 1 aromatic carbocycles. The SMILES string of the molecule is CCc1ccc(S)cc1C(C)C(=O)O. The van der Waals surface area contributed by atoms with Crippen LogP contribution in [0, 0.1) is 0 Å². The summed E-state index contributed by atoms with van der Waals surface area (Å²) in [4.78, 5) is 11.7. The highest BCUT2D eigenvalue weighted by Crippen LogP contribution is 2.23. The lowest BCUT2D eigenvalue weighted by Gasteiger charge is -2.12. The van der Waals surface area contributed by atoms with Crippen molar-refractivity contribution in [2.75, 3.05) is 0 Å². The first-order chi connectivity index (χ1) is 6.56. The predicted octanol–water partition coefficient (Wildman–Crippen LogP) is 2.73. The highest BCUT2D eigenvalue weighted by Gasteiger charge is 2.16. The molecule has 0 radical (unpaired) electrons. The number of carboxylic acid groups (broad SMARTS) is 1. The molecule has 0 saturated heterocycles. The fourth-order valence-electron chi connectivity index (χ4n) is 1.44. The molecular weight excluding hydrogens is 196 g/mol. The fourth-order valence-corrected chi connectivity index (χ4v) is 1.65. The summed E-state index contributed by atoms with van der Waals surface area (Å²) in [6.45, 7) is 3.72. The second-order valence-corrected chi connectivity index (χ2v) is 3.81. The second-order valence-electron chi connectivity index (χ2n) is 3.30. The molecule has 14 heavy (non-hydrogen) atoms. The minimum atomic E-state index is -0.793. The van der Waals surface area contributed by atoms with Crippen LogP contribution in [0.3, 0.4) is 0 Å². The Morgan fingerprint density at radius 1 is 1.57 bits per heavy atom. The Kier molecular flexibility index (Phi) is 3.58. The summed E-state index contributed by atoms with van der Waals surface area (Å²) in [5, 5.41) is 8.92. The fraction of sp³-hybridized carbons (Fsp3) is 0.364. The molecule has 0 aromatic heterocycles. The molecule has 1 aromatic rings. The lowest BCUT2D eigenvalue weighted by atomic mass is 9.94. The van der Waals surface area contributed by atoms with Crippen LogP contribution in [-0.4, -0.2) is 11.1 Å². The van der Waals surface area contributed by atoms with Crippen LogP contribution >= 0.6 is 12.6 Å². The maximum Gasteiger partial charge on any atom is 0.310 e. The Morgan fingerprint density at radius 3 is 2.71 bits per heavy atom. The van der Waals surface area contributed by atoms with E-state index in [0.29, 0.717) is 0 Å². The molecule has 0 aliphatic carbocycles. The third kappa shape index (κ3) is 2.29. The number of aryl methyl sites for hydroxylation is 1. The second kappa shape index (κ2) is 4.51. The lowest BCUT2D eigenvalue weighted by molar-refractivity contribution is -0.138. The maximum atomic E-state index is 10.9. The van der Waals surface area contributed by atoms with Crippen LogP contribution in [-0.2, 0) is 11.2 Å². The van der Waals surface area contributed by atoms with Gasteiger partial charge in [-0.15, -0.1) is 12.6 Å². The summed E-state index contributed by atoms with van der Waals surface area (Å²) in [5.41, 5.74) is 1.95. The van der Waals surface area contributed by atoms with Crippen LogP contribution in [0.15, 0.2) is 23.1 Å². The molecule has 0 aliphatic heterocycles. The molecule has 1 unspecified atom stereocenters. The van der Waals surface area contributed by atoms with Crippen molar-refractivity contribution in [1.82, 2.24) is 0 Å². The van der Waals surface area contributed by atoms with Gasteiger partial charge in [0.05, 0.1) is 5.92 Å². The van der Waals surface area contributed by atoms with Crippen molar-refractivity contribution in [2.45, 2.75) is 31.1 Å². The first kappa shape index (κ1) is 11.1. The predicted molar refractivity (Wildman–Crippen MR) is 59.1 cm³/mol. The van der Waals surface area contributed by atoms with Crippen LogP contribution in [0.25, 0.3) is 0 Å². The van der Waals surface area contributed by atoms with Gasteiger partial charge in [-0.25, -0.2) is 0 Å². The number of hydrogen-bond donors (Lipinski definition) is 2. The molecule has 0 aliphatic rings. The average molecular weight is 210 g/mol. The van der Waals surface area contributed by atoms with E-state index in [9.17, 15) is 4.79 Å². The maximum absolute atomic E-state index is 10.9. The number of carbonyl (C=O) groups is 1. The van der Waals surface area contributed by atoms with Crippen molar-refractivity contribution in [3.63, 3.8) is 0 Å². The molecule has 0 bridgehead atoms. The van der Waals surface area contributed by atoms with Crippen molar-refractivity contribution in [1.29, 1.82) is 0 Å². The summed E-state index contributed by atoms with van der Waals surface area (Å²) in [6, 6.07) is 5.66. The van der Waals surface area contributed by atoms with Crippen LogP contribution < -0.4 is 0 Å². The molecule has 0 spiro atoms. The summed E-state index contributed by atoms with van der Waals surface area (Å²) < 4.78 is 0. The van der Waals surface area contributed by atoms with Crippen molar-refractivity contribution in [3.05, 3.63) is 29.3 Å². The zero-order valence-electron chi connectivity index (χ0n) is 8.32. The van der Waals surface area contributed by atoms with Crippen molar-refractivity contribution in [3.8, 4) is 0 Å². The summed E-state index contributed by atoms with van der Waals surface area (Å²) in [7, 11) is 0. The van der Waals surface area contributed by atoms with Gasteiger partial charge in [0.15, 0.2) is 0 Å². The molecule has 0 amide bonds. The Bertz CT molecular complexity index is 347. The monoisotopic (exact) mass is 210 g/mol. The van der Waals surface area contributed by atoms with Gasteiger partial charge in [0, 0.05) is 4.90 Å². The number of thiol groups is 1. The third-order valence-corrected chi connectivity index (χ3v) is 2.63. The highest BCUT2D eigenvalue weighted by atomic mass is 32.1. The Morgan fingerprint density at radius 2 is 2.21 bits per heavy atom. The Labute approximate surface area is 89.4 Å². The molecule has 3 heteroatoms. The van der Waals surface area contributed by atoms with Gasteiger partial charge >= 0.3 is 5.97 Å². The number of hydrogen-bond acceptors (Lipinski definition) is 2. The lowest BCUT2D eigenvalue weighted by Crippen LogP contribution is -2.09. The molecule has 1 atom stereocenters. The highest BCUT2D eigenvalue weighted by molar-refractivity contribution is 7.80. The summed E-state index contributed by atoms with van der Waals surface area (Å²) >= 11 is 4.21. The minimum absolute atomic E-state index is 0.461. The molecule has 1 N–H and O–H groups in total. The van der Waals surface area contributed by atoms with E-state index in [2.05, 4.69) is 12.6 Å². The molecule has 0 saturated carbocycles. The van der Waals surface area contributed by atoms with Crippen molar-refractivity contribution in [2.24, 2.45) is 0 Å². The van der Waals surface area contributed by atoms with Crippen molar-refractivity contribution < 1.29 is 9.90 Å². The number of aliphatic carboxylic acids is 1. The van der Waals surface area contributed by atoms with E-state index in [4.69, 9.17) is 5.11 Å². The standard InChI is InChI=1S/C11H14O2S/c1-3-8-4-5-9(14)6-10(8)7(2)11(12)13/h4-7,14H,3H2,1-2H3,(H,12,13). The normalized spacial score (nSPS) is 12.5. The minimum Gasteiger partial charge on any atom is -0.481 e. The van der Waals surface area contributed by atoms with Crippen LogP contribution in [0.4, 0.5) is 0 Å².